The molecule has 3 rings (SSSR count). The van der Waals surface area contributed by atoms with Crippen molar-refractivity contribution < 1.29 is 23.8 Å². The smallest absolute Gasteiger partial charge is 0.310 e. The molecule has 25 heavy (non-hydrogen) atoms. The van der Waals surface area contributed by atoms with E-state index < -0.39 is 5.97 Å². The molecule has 0 aromatic heterocycles. The second-order valence-electron chi connectivity index (χ2n) is 6.75. The van der Waals surface area contributed by atoms with Gasteiger partial charge in [0.2, 0.25) is 0 Å². The van der Waals surface area contributed by atoms with E-state index in [1.807, 2.05) is 0 Å². The summed E-state index contributed by atoms with van der Waals surface area (Å²) in [6.45, 7) is 2.95. The molecule has 0 bridgehead atoms. The average Bonchev–Trinajstić information content (AvgIpc) is 2.62. The molecule has 1 aliphatic heterocycles. The van der Waals surface area contributed by atoms with Crippen LogP contribution >= 0.6 is 0 Å². The number of ether oxygens (including phenoxy) is 3. The number of esters is 1. The molecule has 2 atom stereocenters. The first kappa shape index (κ1) is 17.6. The zero-order valence-corrected chi connectivity index (χ0v) is 14.6. The lowest BCUT2D eigenvalue weighted by Crippen LogP contribution is -2.42. The summed E-state index contributed by atoms with van der Waals surface area (Å²) in [4.78, 5) is 23.9. The number of hydrogen-bond acceptors (Lipinski definition) is 5. The molecule has 6 heteroatoms. The molecule has 0 radical (unpaired) electrons. The van der Waals surface area contributed by atoms with Crippen molar-refractivity contribution in [2.45, 2.75) is 45.1 Å². The summed E-state index contributed by atoms with van der Waals surface area (Å²) >= 11 is 0. The molecule has 136 valence electrons. The SMILES string of the molecule is C[C@@H]1CCCC[C@@H]1NC(=O)COC(=O)Cc1ccc2c(c1)OCCO2. The minimum Gasteiger partial charge on any atom is -0.486 e. The van der Waals surface area contributed by atoms with Crippen LogP contribution in [0, 0.1) is 5.92 Å². The summed E-state index contributed by atoms with van der Waals surface area (Å²) in [5.41, 5.74) is 0.774. The average molecular weight is 347 g/mol. The maximum atomic E-state index is 12.0. The van der Waals surface area contributed by atoms with Crippen LogP contribution in [0.1, 0.15) is 38.2 Å². The van der Waals surface area contributed by atoms with Crippen LogP contribution in [0.4, 0.5) is 0 Å². The highest BCUT2D eigenvalue weighted by Gasteiger charge is 2.23. The number of benzene rings is 1. The molecule has 1 saturated carbocycles. The topological polar surface area (TPSA) is 73.9 Å². The van der Waals surface area contributed by atoms with Crippen LogP contribution in [0.25, 0.3) is 0 Å². The van der Waals surface area contributed by atoms with E-state index in [1.54, 1.807) is 18.2 Å². The Bertz CT molecular complexity index is 630. The highest BCUT2D eigenvalue weighted by molar-refractivity contribution is 5.81. The lowest BCUT2D eigenvalue weighted by atomic mass is 9.86. The molecule has 6 nitrogen and oxygen atoms in total. The van der Waals surface area contributed by atoms with Crippen LogP contribution in [0.2, 0.25) is 0 Å². The standard InChI is InChI=1S/C19H25NO5/c1-13-4-2-3-5-15(13)20-18(21)12-25-19(22)11-14-6-7-16-17(10-14)24-9-8-23-16/h6-7,10,13,15H,2-5,8-9,11-12H2,1H3,(H,20,21)/t13-,15+/m1/s1. The summed E-state index contributed by atoms with van der Waals surface area (Å²) < 4.78 is 16.1. The van der Waals surface area contributed by atoms with E-state index in [0.717, 1.165) is 24.8 Å². The summed E-state index contributed by atoms with van der Waals surface area (Å²) in [6.07, 6.45) is 4.59. The Balaban J connectivity index is 1.44. The lowest BCUT2D eigenvalue weighted by molar-refractivity contribution is -0.148. The predicted molar refractivity (Wildman–Crippen MR) is 91.7 cm³/mol. The van der Waals surface area contributed by atoms with Gasteiger partial charge in [0.25, 0.3) is 5.91 Å². The Labute approximate surface area is 147 Å². The Morgan fingerprint density at radius 2 is 1.92 bits per heavy atom. The minimum absolute atomic E-state index is 0.101. The van der Waals surface area contributed by atoms with Crippen LogP contribution in [-0.4, -0.2) is 37.7 Å². The van der Waals surface area contributed by atoms with E-state index in [1.165, 1.54) is 6.42 Å². The van der Waals surface area contributed by atoms with E-state index in [-0.39, 0.29) is 25.0 Å². The molecule has 1 N–H and O–H groups in total. The van der Waals surface area contributed by atoms with Gasteiger partial charge in [0.15, 0.2) is 18.1 Å². The van der Waals surface area contributed by atoms with Gasteiger partial charge in [0.05, 0.1) is 6.42 Å². The van der Waals surface area contributed by atoms with Gasteiger partial charge in [0.1, 0.15) is 13.2 Å². The highest BCUT2D eigenvalue weighted by Crippen LogP contribution is 2.30. The van der Waals surface area contributed by atoms with Crippen molar-refractivity contribution in [3.63, 3.8) is 0 Å². The second kappa shape index (κ2) is 8.23. The molecule has 1 aromatic carbocycles. The van der Waals surface area contributed by atoms with E-state index in [9.17, 15) is 9.59 Å². The number of nitrogens with one attached hydrogen (secondary N) is 1. The van der Waals surface area contributed by atoms with Gasteiger partial charge < -0.3 is 19.5 Å². The Hall–Kier alpha value is -2.24. The number of hydrogen-bond donors (Lipinski definition) is 1. The highest BCUT2D eigenvalue weighted by atomic mass is 16.6. The minimum atomic E-state index is -0.427. The molecule has 1 heterocycles. The van der Waals surface area contributed by atoms with Gasteiger partial charge in [0, 0.05) is 6.04 Å². The van der Waals surface area contributed by atoms with Crippen LogP contribution in [0.15, 0.2) is 18.2 Å². The van der Waals surface area contributed by atoms with Crippen molar-refractivity contribution in [3.8, 4) is 11.5 Å². The van der Waals surface area contributed by atoms with Crippen LogP contribution in [0.3, 0.4) is 0 Å². The second-order valence-corrected chi connectivity index (χ2v) is 6.75. The molecular formula is C19H25NO5. The number of amides is 1. The summed E-state index contributed by atoms with van der Waals surface area (Å²) in [5.74, 6) is 1.15. The Morgan fingerprint density at radius 1 is 1.16 bits per heavy atom. The molecular weight excluding hydrogens is 322 g/mol. The largest absolute Gasteiger partial charge is 0.486 e. The third kappa shape index (κ3) is 4.87. The van der Waals surface area contributed by atoms with Crippen molar-refractivity contribution in [1.82, 2.24) is 5.32 Å². The van der Waals surface area contributed by atoms with Crippen molar-refractivity contribution in [2.24, 2.45) is 5.92 Å². The van der Waals surface area contributed by atoms with E-state index in [0.29, 0.717) is 30.6 Å². The summed E-state index contributed by atoms with van der Waals surface area (Å²) in [5, 5.41) is 2.98. The summed E-state index contributed by atoms with van der Waals surface area (Å²) in [7, 11) is 0. The van der Waals surface area contributed by atoms with Crippen molar-refractivity contribution in [1.29, 1.82) is 0 Å². The first-order chi connectivity index (χ1) is 12.1. The zero-order valence-electron chi connectivity index (χ0n) is 14.6. The fraction of sp³-hybridized carbons (Fsp3) is 0.579. The molecule has 2 aliphatic rings. The molecule has 0 spiro atoms. The van der Waals surface area contributed by atoms with Gasteiger partial charge in [-0.3, -0.25) is 9.59 Å². The first-order valence-corrected chi connectivity index (χ1v) is 8.95. The molecule has 1 amide bonds. The van der Waals surface area contributed by atoms with E-state index >= 15 is 0 Å². The fourth-order valence-electron chi connectivity index (χ4n) is 3.34. The molecule has 0 saturated heterocycles. The normalized spacial score (nSPS) is 22.1. The fourth-order valence-corrected chi connectivity index (χ4v) is 3.34. The predicted octanol–water partition coefficient (Wildman–Crippen LogP) is 2.24. The monoisotopic (exact) mass is 347 g/mol. The molecule has 1 aromatic rings. The number of rotatable bonds is 5. The lowest BCUT2D eigenvalue weighted by Gasteiger charge is -2.29. The Morgan fingerprint density at radius 3 is 2.72 bits per heavy atom. The third-order valence-corrected chi connectivity index (χ3v) is 4.78. The van der Waals surface area contributed by atoms with Gasteiger partial charge in [-0.25, -0.2) is 0 Å². The van der Waals surface area contributed by atoms with Crippen molar-refractivity contribution in [3.05, 3.63) is 23.8 Å². The van der Waals surface area contributed by atoms with Gasteiger partial charge >= 0.3 is 5.97 Å². The summed E-state index contributed by atoms with van der Waals surface area (Å²) in [6, 6.07) is 5.56. The van der Waals surface area contributed by atoms with Gasteiger partial charge in [-0.15, -0.1) is 0 Å². The van der Waals surface area contributed by atoms with Crippen molar-refractivity contribution in [2.75, 3.05) is 19.8 Å². The first-order valence-electron chi connectivity index (χ1n) is 8.95. The number of carbonyl (C=O) groups excluding carboxylic acids is 2. The van der Waals surface area contributed by atoms with E-state index in [4.69, 9.17) is 14.2 Å². The molecule has 1 fully saturated rings. The number of carbonyl (C=O) groups is 2. The molecule has 0 unspecified atom stereocenters. The van der Waals surface area contributed by atoms with Gasteiger partial charge in [-0.1, -0.05) is 25.8 Å². The van der Waals surface area contributed by atoms with Crippen molar-refractivity contribution >= 4 is 11.9 Å². The third-order valence-electron chi connectivity index (χ3n) is 4.78. The zero-order chi connectivity index (χ0) is 17.6. The molecule has 1 aliphatic carbocycles. The van der Waals surface area contributed by atoms with E-state index in [2.05, 4.69) is 12.2 Å². The number of fused-ring (bicyclic) bond motifs is 1. The maximum absolute atomic E-state index is 12.0. The van der Waals surface area contributed by atoms with Crippen LogP contribution < -0.4 is 14.8 Å². The van der Waals surface area contributed by atoms with Gasteiger partial charge in [-0.2, -0.15) is 0 Å². The van der Waals surface area contributed by atoms with Crippen LogP contribution in [0.5, 0.6) is 11.5 Å². The van der Waals surface area contributed by atoms with Crippen LogP contribution in [-0.2, 0) is 20.7 Å². The quantitative estimate of drug-likeness (QED) is 0.827. The maximum Gasteiger partial charge on any atom is 0.310 e. The van der Waals surface area contributed by atoms with Gasteiger partial charge in [-0.05, 0) is 36.5 Å². The Kier molecular flexibility index (Phi) is 5.79.